The van der Waals surface area contributed by atoms with E-state index in [9.17, 15) is 0 Å². The Labute approximate surface area is 146 Å². The highest BCUT2D eigenvalue weighted by atomic mass is 16.5. The molecule has 25 heavy (non-hydrogen) atoms. The summed E-state index contributed by atoms with van der Waals surface area (Å²) in [4.78, 5) is 9.08. The Balaban J connectivity index is 1.68. The monoisotopic (exact) mass is 324 g/mol. The molecule has 2 aromatic heterocycles. The average molecular weight is 324 g/mol. The second kappa shape index (κ2) is 5.71. The van der Waals surface area contributed by atoms with E-state index >= 15 is 0 Å². The summed E-state index contributed by atoms with van der Waals surface area (Å²) in [5, 5.41) is 0. The fourth-order valence-corrected chi connectivity index (χ4v) is 3.61. The number of nitrogens with zero attached hydrogens (tertiary/aromatic N) is 2. The molecule has 1 aliphatic heterocycles. The minimum absolute atomic E-state index is 0.0419. The van der Waals surface area contributed by atoms with Gasteiger partial charge in [-0.2, -0.15) is 0 Å². The number of benzene rings is 1. The minimum atomic E-state index is -0.0419. The molecule has 0 radical (unpaired) electrons. The van der Waals surface area contributed by atoms with E-state index in [1.807, 2.05) is 60.9 Å². The van der Waals surface area contributed by atoms with Crippen molar-refractivity contribution in [3.8, 4) is 5.75 Å². The van der Waals surface area contributed by atoms with Crippen LogP contribution in [-0.4, -0.2) is 16.1 Å². The molecular formula is C22H16N2O. The second-order valence-corrected chi connectivity index (χ2v) is 6.25. The Morgan fingerprint density at radius 3 is 2.24 bits per heavy atom. The van der Waals surface area contributed by atoms with Gasteiger partial charge in [-0.1, -0.05) is 36.4 Å². The maximum absolute atomic E-state index is 6.29. The van der Waals surface area contributed by atoms with E-state index in [0.717, 1.165) is 28.3 Å². The summed E-state index contributed by atoms with van der Waals surface area (Å²) in [6.45, 7) is 0. The van der Waals surface area contributed by atoms with Crippen molar-refractivity contribution in [2.45, 2.75) is 12.0 Å². The average Bonchev–Trinajstić information content (AvgIpc) is 3.07. The third kappa shape index (κ3) is 2.36. The lowest BCUT2D eigenvalue weighted by molar-refractivity contribution is 0.278. The number of allylic oxidation sites excluding steroid dienone is 2. The normalized spacial score (nSPS) is 20.8. The van der Waals surface area contributed by atoms with Crippen molar-refractivity contribution in [1.82, 2.24) is 9.97 Å². The fraction of sp³-hybridized carbons (Fsp3) is 0.0909. The molecule has 1 aromatic carbocycles. The number of ether oxygens (including phenoxy) is 1. The lowest BCUT2D eigenvalue weighted by Gasteiger charge is -2.25. The molecule has 5 rings (SSSR count). The standard InChI is InChI=1S/C22H16N2O/c1-2-10-21-16(7-1)17-13-15(19-8-3-5-11-23-19)14-18(22(17)25-21)20-9-4-6-12-24-20/h1-14,17,22H. The molecule has 2 unspecified atom stereocenters. The number of pyridine rings is 2. The van der Waals surface area contributed by atoms with Crippen molar-refractivity contribution in [1.29, 1.82) is 0 Å². The van der Waals surface area contributed by atoms with E-state index in [-0.39, 0.29) is 12.0 Å². The Morgan fingerprint density at radius 2 is 1.48 bits per heavy atom. The van der Waals surface area contributed by atoms with Crippen molar-refractivity contribution >= 4 is 11.1 Å². The molecule has 3 nitrogen and oxygen atoms in total. The quantitative estimate of drug-likeness (QED) is 0.696. The van der Waals surface area contributed by atoms with Gasteiger partial charge in [-0.05, 0) is 42.0 Å². The van der Waals surface area contributed by atoms with E-state index in [4.69, 9.17) is 4.74 Å². The predicted molar refractivity (Wildman–Crippen MR) is 98.0 cm³/mol. The number of hydrogen-bond donors (Lipinski definition) is 0. The summed E-state index contributed by atoms with van der Waals surface area (Å²) < 4.78 is 6.29. The van der Waals surface area contributed by atoms with Crippen molar-refractivity contribution in [3.05, 3.63) is 102 Å². The van der Waals surface area contributed by atoms with Gasteiger partial charge >= 0.3 is 0 Å². The first-order valence-corrected chi connectivity index (χ1v) is 8.42. The zero-order valence-electron chi connectivity index (χ0n) is 13.5. The second-order valence-electron chi connectivity index (χ2n) is 6.25. The van der Waals surface area contributed by atoms with Crippen LogP contribution in [0.5, 0.6) is 5.75 Å². The highest BCUT2D eigenvalue weighted by molar-refractivity contribution is 5.88. The number of fused-ring (bicyclic) bond motifs is 3. The molecule has 0 bridgehead atoms. The minimum Gasteiger partial charge on any atom is -0.484 e. The fourth-order valence-electron chi connectivity index (χ4n) is 3.61. The van der Waals surface area contributed by atoms with Crippen molar-refractivity contribution in [2.75, 3.05) is 0 Å². The van der Waals surface area contributed by atoms with Crippen LogP contribution < -0.4 is 4.74 Å². The van der Waals surface area contributed by atoms with Gasteiger partial charge in [0.15, 0.2) is 0 Å². The van der Waals surface area contributed by atoms with Gasteiger partial charge in [-0.15, -0.1) is 0 Å². The number of rotatable bonds is 2. The molecule has 0 saturated heterocycles. The van der Waals surface area contributed by atoms with Crippen molar-refractivity contribution < 1.29 is 4.74 Å². The first-order valence-electron chi connectivity index (χ1n) is 8.42. The Hall–Kier alpha value is -3.20. The molecule has 3 heterocycles. The van der Waals surface area contributed by atoms with E-state index in [1.54, 1.807) is 0 Å². The van der Waals surface area contributed by atoms with Crippen molar-refractivity contribution in [2.24, 2.45) is 0 Å². The first kappa shape index (κ1) is 14.2. The molecule has 120 valence electrons. The van der Waals surface area contributed by atoms with Gasteiger partial charge in [0.2, 0.25) is 0 Å². The Kier molecular flexibility index (Phi) is 3.23. The van der Waals surface area contributed by atoms with Crippen LogP contribution in [0.4, 0.5) is 0 Å². The summed E-state index contributed by atoms with van der Waals surface area (Å²) in [6.07, 6.45) is 8.05. The number of hydrogen-bond acceptors (Lipinski definition) is 3. The van der Waals surface area contributed by atoms with E-state index < -0.39 is 0 Å². The number of aromatic nitrogens is 2. The van der Waals surface area contributed by atoms with Crippen LogP contribution >= 0.6 is 0 Å². The summed E-state index contributed by atoms with van der Waals surface area (Å²) in [7, 11) is 0. The molecule has 1 aliphatic carbocycles. The van der Waals surface area contributed by atoms with Crippen LogP contribution in [0.2, 0.25) is 0 Å². The van der Waals surface area contributed by atoms with Gasteiger partial charge in [0, 0.05) is 29.4 Å². The topological polar surface area (TPSA) is 35.0 Å². The molecule has 0 fully saturated rings. The van der Waals surface area contributed by atoms with Crippen LogP contribution in [0, 0.1) is 0 Å². The molecular weight excluding hydrogens is 308 g/mol. The first-order chi connectivity index (χ1) is 12.4. The zero-order valence-corrected chi connectivity index (χ0v) is 13.5. The molecule has 0 spiro atoms. The van der Waals surface area contributed by atoms with Gasteiger partial charge in [0.05, 0.1) is 11.4 Å². The smallest absolute Gasteiger partial charge is 0.136 e. The van der Waals surface area contributed by atoms with Gasteiger partial charge in [0.1, 0.15) is 11.9 Å². The van der Waals surface area contributed by atoms with Crippen LogP contribution in [0.3, 0.4) is 0 Å². The molecule has 0 amide bonds. The third-order valence-electron chi connectivity index (χ3n) is 4.76. The summed E-state index contributed by atoms with van der Waals surface area (Å²) in [5.74, 6) is 1.13. The van der Waals surface area contributed by atoms with E-state index in [0.29, 0.717) is 0 Å². The molecule has 3 aromatic rings. The van der Waals surface area contributed by atoms with Gasteiger partial charge in [0.25, 0.3) is 0 Å². The van der Waals surface area contributed by atoms with Crippen LogP contribution in [0.25, 0.3) is 11.1 Å². The molecule has 0 saturated carbocycles. The Morgan fingerprint density at radius 1 is 0.760 bits per heavy atom. The van der Waals surface area contributed by atoms with Crippen molar-refractivity contribution in [3.63, 3.8) is 0 Å². The van der Waals surface area contributed by atoms with Crippen LogP contribution in [0.1, 0.15) is 22.9 Å². The molecule has 2 atom stereocenters. The lowest BCUT2D eigenvalue weighted by atomic mass is 9.82. The summed E-state index contributed by atoms with van der Waals surface area (Å²) in [6, 6.07) is 20.3. The molecule has 0 N–H and O–H groups in total. The van der Waals surface area contributed by atoms with Crippen LogP contribution in [-0.2, 0) is 0 Å². The van der Waals surface area contributed by atoms with E-state index in [2.05, 4.69) is 34.3 Å². The predicted octanol–water partition coefficient (Wildman–Crippen LogP) is 4.50. The van der Waals surface area contributed by atoms with Gasteiger partial charge < -0.3 is 4.74 Å². The Bertz CT molecular complexity index is 977. The lowest BCUT2D eigenvalue weighted by Crippen LogP contribution is -2.23. The highest BCUT2D eigenvalue weighted by Gasteiger charge is 2.38. The highest BCUT2D eigenvalue weighted by Crippen LogP contribution is 2.47. The van der Waals surface area contributed by atoms with Gasteiger partial charge in [-0.25, -0.2) is 0 Å². The maximum Gasteiger partial charge on any atom is 0.136 e. The third-order valence-corrected chi connectivity index (χ3v) is 4.76. The summed E-state index contributed by atoms with van der Waals surface area (Å²) >= 11 is 0. The molecule has 2 aliphatic rings. The zero-order chi connectivity index (χ0) is 16.6. The van der Waals surface area contributed by atoms with Crippen LogP contribution in [0.15, 0.2) is 85.2 Å². The number of para-hydroxylation sites is 1. The van der Waals surface area contributed by atoms with Gasteiger partial charge in [-0.3, -0.25) is 9.97 Å². The maximum atomic E-state index is 6.29. The van der Waals surface area contributed by atoms with E-state index in [1.165, 1.54) is 5.56 Å². The molecule has 3 heteroatoms. The largest absolute Gasteiger partial charge is 0.484 e. The SMILES string of the molecule is C1=C(c2ccccn2)C=C(c2ccccn2)C2Oc3ccccc3C12. The summed E-state index contributed by atoms with van der Waals surface area (Å²) in [5.41, 5.74) is 5.36.